The monoisotopic (exact) mass is 529 g/mol. The van der Waals surface area contributed by atoms with E-state index in [-0.39, 0.29) is 23.6 Å². The van der Waals surface area contributed by atoms with Crippen molar-refractivity contribution in [2.24, 2.45) is 5.73 Å². The summed E-state index contributed by atoms with van der Waals surface area (Å²) in [4.78, 5) is 16.7. The summed E-state index contributed by atoms with van der Waals surface area (Å²) < 4.78 is 16.5. The van der Waals surface area contributed by atoms with Gasteiger partial charge in [0, 0.05) is 41.2 Å². The van der Waals surface area contributed by atoms with Gasteiger partial charge in [-0.1, -0.05) is 12.1 Å². The molecule has 194 valence electrons. The number of amides is 1. The van der Waals surface area contributed by atoms with Gasteiger partial charge in [-0.05, 0) is 74.1 Å². The highest BCUT2D eigenvalue weighted by atomic mass is 32.1. The van der Waals surface area contributed by atoms with Crippen molar-refractivity contribution in [3.8, 4) is 27.6 Å². The lowest BCUT2D eigenvalue weighted by atomic mass is 9.77. The van der Waals surface area contributed by atoms with Crippen LogP contribution in [0, 0.1) is 17.1 Å². The van der Waals surface area contributed by atoms with Crippen molar-refractivity contribution in [3.05, 3.63) is 64.9 Å². The normalized spacial score (nSPS) is 23.3. The number of hydrogen-bond donors (Lipinski definition) is 2. The van der Waals surface area contributed by atoms with Crippen LogP contribution >= 0.6 is 11.3 Å². The molecule has 1 unspecified atom stereocenters. The molecule has 38 heavy (non-hydrogen) atoms. The van der Waals surface area contributed by atoms with E-state index in [0.717, 1.165) is 39.7 Å². The van der Waals surface area contributed by atoms with Gasteiger partial charge in [-0.15, -0.1) is 11.3 Å². The number of hydrogen-bond acceptors (Lipinski definition) is 6. The zero-order chi connectivity index (χ0) is 26.6. The molecule has 4 aromatic rings. The minimum atomic E-state index is -0.641. The molecule has 1 atom stereocenters. The second kappa shape index (κ2) is 9.31. The standard InChI is InChI=1S/C29H28FN5O2S/c1-29(37)12-22(13-29)35-15-20-9-18(6-7-25(20)33-35)27-23(17-4-5-19(14-31)24(30)10-17)11-26(38-27)28(36)34-8-2-3-21(32)16-34/h4-7,9-11,15,21-22,37H,2-3,8,12-13,16,32H2,1H3. The third kappa shape index (κ3) is 4.49. The van der Waals surface area contributed by atoms with Crippen molar-refractivity contribution in [3.63, 3.8) is 0 Å². The summed E-state index contributed by atoms with van der Waals surface area (Å²) in [5.74, 6) is -0.664. The zero-order valence-electron chi connectivity index (χ0n) is 21.0. The van der Waals surface area contributed by atoms with Crippen molar-refractivity contribution >= 4 is 28.1 Å². The first-order valence-corrected chi connectivity index (χ1v) is 13.6. The Labute approximate surface area is 223 Å². The average Bonchev–Trinajstić information content (AvgIpc) is 3.51. The summed E-state index contributed by atoms with van der Waals surface area (Å²) in [6.45, 7) is 3.03. The number of benzene rings is 2. The number of piperidine rings is 1. The van der Waals surface area contributed by atoms with E-state index in [9.17, 15) is 19.6 Å². The number of nitriles is 1. The van der Waals surface area contributed by atoms with Crippen LogP contribution < -0.4 is 5.73 Å². The number of aromatic nitrogens is 2. The van der Waals surface area contributed by atoms with Crippen LogP contribution in [0.3, 0.4) is 0 Å². The van der Waals surface area contributed by atoms with Gasteiger partial charge < -0.3 is 15.7 Å². The summed E-state index contributed by atoms with van der Waals surface area (Å²) in [5.41, 5.74) is 8.56. The van der Waals surface area contributed by atoms with Gasteiger partial charge in [0.1, 0.15) is 11.9 Å². The fourth-order valence-corrected chi connectivity index (χ4v) is 6.71. The number of fused-ring (bicyclic) bond motifs is 1. The number of nitrogens with two attached hydrogens (primary N) is 1. The first-order chi connectivity index (χ1) is 18.2. The number of nitrogens with zero attached hydrogens (tertiary/aromatic N) is 4. The number of likely N-dealkylation sites (tertiary alicyclic amines) is 1. The van der Waals surface area contributed by atoms with E-state index in [2.05, 4.69) is 0 Å². The maximum Gasteiger partial charge on any atom is 0.264 e. The summed E-state index contributed by atoms with van der Waals surface area (Å²) in [7, 11) is 0. The molecule has 2 aromatic heterocycles. The van der Waals surface area contributed by atoms with E-state index in [1.165, 1.54) is 23.5 Å². The molecule has 1 saturated carbocycles. The molecule has 1 aliphatic heterocycles. The Balaban J connectivity index is 1.41. The van der Waals surface area contributed by atoms with Gasteiger partial charge in [0.15, 0.2) is 0 Å². The third-order valence-electron chi connectivity index (χ3n) is 7.60. The van der Waals surface area contributed by atoms with Crippen molar-refractivity contribution in [2.75, 3.05) is 13.1 Å². The van der Waals surface area contributed by atoms with Gasteiger partial charge in [-0.2, -0.15) is 10.4 Å². The van der Waals surface area contributed by atoms with E-state index >= 15 is 0 Å². The van der Waals surface area contributed by atoms with Crippen LogP contribution in [0.2, 0.25) is 0 Å². The minimum absolute atomic E-state index is 0.0204. The van der Waals surface area contributed by atoms with Crippen LogP contribution in [0.15, 0.2) is 48.7 Å². The molecule has 0 bridgehead atoms. The van der Waals surface area contributed by atoms with E-state index in [4.69, 9.17) is 10.8 Å². The summed E-state index contributed by atoms with van der Waals surface area (Å²) >= 11 is 1.38. The number of aliphatic hydroxyl groups is 1. The number of halogens is 1. The predicted molar refractivity (Wildman–Crippen MR) is 145 cm³/mol. The van der Waals surface area contributed by atoms with E-state index in [1.54, 1.807) is 11.0 Å². The van der Waals surface area contributed by atoms with Crippen LogP contribution in [-0.2, 0) is 0 Å². The molecule has 1 aliphatic carbocycles. The van der Waals surface area contributed by atoms with E-state index in [1.807, 2.05) is 48.1 Å². The largest absolute Gasteiger partial charge is 0.390 e. The molecule has 6 rings (SSSR count). The Morgan fingerprint density at radius 1 is 1.24 bits per heavy atom. The molecular formula is C29H28FN5O2S. The number of thiophene rings is 1. The molecule has 1 amide bonds. The number of carbonyl (C=O) groups is 1. The summed E-state index contributed by atoms with van der Waals surface area (Å²) in [6, 6.07) is 14.3. The van der Waals surface area contributed by atoms with Crippen LogP contribution in [-0.4, -0.2) is 50.4 Å². The van der Waals surface area contributed by atoms with E-state index in [0.29, 0.717) is 36.4 Å². The van der Waals surface area contributed by atoms with Gasteiger partial charge in [-0.3, -0.25) is 9.48 Å². The maximum atomic E-state index is 14.6. The van der Waals surface area contributed by atoms with Gasteiger partial charge in [0.2, 0.25) is 0 Å². The molecule has 2 aromatic carbocycles. The summed E-state index contributed by atoms with van der Waals surface area (Å²) in [5, 5.41) is 25.0. The van der Waals surface area contributed by atoms with Crippen LogP contribution in [0.4, 0.5) is 4.39 Å². The van der Waals surface area contributed by atoms with Crippen molar-refractivity contribution < 1.29 is 14.3 Å². The Kier molecular flexibility index (Phi) is 6.06. The SMILES string of the molecule is CC1(O)CC(n2cc3cc(-c4sc(C(=O)N5CCCC(N)C5)cc4-c4ccc(C#N)c(F)c4)ccc3n2)C1. The molecule has 2 aliphatic rings. The second-order valence-corrected chi connectivity index (χ2v) is 11.8. The molecule has 1 saturated heterocycles. The Morgan fingerprint density at radius 2 is 2.03 bits per heavy atom. The maximum absolute atomic E-state index is 14.6. The Hall–Kier alpha value is -3.58. The minimum Gasteiger partial charge on any atom is -0.390 e. The molecule has 2 fully saturated rings. The fourth-order valence-electron chi connectivity index (χ4n) is 5.56. The van der Waals surface area contributed by atoms with Gasteiger partial charge in [-0.25, -0.2) is 4.39 Å². The fraction of sp³-hybridized carbons (Fsp3) is 0.345. The van der Waals surface area contributed by atoms with Gasteiger partial charge >= 0.3 is 0 Å². The lowest BCUT2D eigenvalue weighted by molar-refractivity contribution is -0.0541. The highest BCUT2D eigenvalue weighted by molar-refractivity contribution is 7.18. The Morgan fingerprint density at radius 3 is 2.74 bits per heavy atom. The van der Waals surface area contributed by atoms with Gasteiger partial charge in [0.25, 0.3) is 5.91 Å². The molecule has 9 heteroatoms. The lowest BCUT2D eigenvalue weighted by Crippen LogP contribution is -2.45. The first-order valence-electron chi connectivity index (χ1n) is 12.8. The number of carbonyl (C=O) groups excluding carboxylic acids is 1. The predicted octanol–water partition coefficient (Wildman–Crippen LogP) is 5.09. The lowest BCUT2D eigenvalue weighted by Gasteiger charge is -2.40. The van der Waals surface area contributed by atoms with Crippen molar-refractivity contribution in [1.29, 1.82) is 5.26 Å². The molecule has 0 spiro atoms. The molecule has 3 heterocycles. The van der Waals surface area contributed by atoms with Crippen molar-refractivity contribution in [1.82, 2.24) is 14.7 Å². The van der Waals surface area contributed by atoms with Gasteiger partial charge in [0.05, 0.1) is 27.6 Å². The first kappa shape index (κ1) is 24.7. The average molecular weight is 530 g/mol. The highest BCUT2D eigenvalue weighted by Gasteiger charge is 2.40. The van der Waals surface area contributed by atoms with Crippen LogP contribution in [0.5, 0.6) is 0 Å². The zero-order valence-corrected chi connectivity index (χ0v) is 21.8. The Bertz CT molecular complexity index is 1590. The smallest absolute Gasteiger partial charge is 0.264 e. The van der Waals surface area contributed by atoms with Crippen LogP contribution in [0.1, 0.15) is 53.9 Å². The van der Waals surface area contributed by atoms with Crippen molar-refractivity contribution in [2.45, 2.75) is 50.3 Å². The summed E-state index contributed by atoms with van der Waals surface area (Å²) in [6.07, 6.45) is 5.10. The third-order valence-corrected chi connectivity index (χ3v) is 8.77. The molecule has 7 nitrogen and oxygen atoms in total. The second-order valence-electron chi connectivity index (χ2n) is 10.8. The topological polar surface area (TPSA) is 108 Å². The number of rotatable bonds is 4. The molecule has 3 N–H and O–H groups in total. The molecule has 0 radical (unpaired) electrons. The van der Waals surface area contributed by atoms with Crippen LogP contribution in [0.25, 0.3) is 32.5 Å². The quantitative estimate of drug-likeness (QED) is 0.383. The molecular weight excluding hydrogens is 501 g/mol. The highest BCUT2D eigenvalue weighted by Crippen LogP contribution is 2.43. The van der Waals surface area contributed by atoms with E-state index < -0.39 is 11.4 Å².